The van der Waals surface area contributed by atoms with Crippen LogP contribution in [0.3, 0.4) is 0 Å². The summed E-state index contributed by atoms with van der Waals surface area (Å²) in [5.41, 5.74) is 5.66. The van der Waals surface area contributed by atoms with Crippen molar-refractivity contribution in [1.29, 1.82) is 0 Å². The molecule has 0 unspecified atom stereocenters. The smallest absolute Gasteiger partial charge is 0.377 e. The molecule has 0 radical (unpaired) electrons. The van der Waals surface area contributed by atoms with Crippen LogP contribution in [-0.4, -0.2) is 77.8 Å². The number of nitrogens with two attached hydrogens (primary N) is 1. The fourth-order valence-corrected chi connectivity index (χ4v) is 9.69. The molecular formula is C9H29NO6Si3. The monoisotopic (exact) mass is 331 g/mol. The fraction of sp³-hybridized carbons (Fsp3) is 1.00. The summed E-state index contributed by atoms with van der Waals surface area (Å²) in [6, 6.07) is 0. The van der Waals surface area contributed by atoms with Gasteiger partial charge >= 0.3 is 17.6 Å². The van der Waals surface area contributed by atoms with Crippen molar-refractivity contribution < 1.29 is 26.6 Å². The molecule has 0 fully saturated rings. The van der Waals surface area contributed by atoms with E-state index in [9.17, 15) is 0 Å². The summed E-state index contributed by atoms with van der Waals surface area (Å²) in [7, 11) is 3.35. The summed E-state index contributed by atoms with van der Waals surface area (Å²) in [6.45, 7) is 0.431. The normalized spacial score (nSPS) is 12.6. The van der Waals surface area contributed by atoms with Gasteiger partial charge in [0, 0.05) is 42.7 Å². The predicted octanol–water partition coefficient (Wildman–Crippen LogP) is -1.45. The van der Waals surface area contributed by atoms with Crippen molar-refractivity contribution in [3.63, 3.8) is 0 Å². The van der Waals surface area contributed by atoms with Crippen LogP contribution in [0.1, 0.15) is 6.42 Å². The molecule has 0 aromatic carbocycles. The van der Waals surface area contributed by atoms with E-state index >= 15 is 0 Å². The van der Waals surface area contributed by atoms with Gasteiger partial charge in [0.15, 0.2) is 0 Å². The predicted molar refractivity (Wildman–Crippen MR) is 82.3 cm³/mol. The lowest BCUT2D eigenvalue weighted by molar-refractivity contribution is 0.0787. The largest absolute Gasteiger partial charge is 0.508 e. The Hall–Kier alpha value is 0.371. The Morgan fingerprint density at radius 1 is 0.737 bits per heavy atom. The Morgan fingerprint density at radius 2 is 1.00 bits per heavy atom. The zero-order valence-electron chi connectivity index (χ0n) is 12.0. The maximum Gasteiger partial charge on any atom is 0.508 e. The van der Waals surface area contributed by atoms with Crippen molar-refractivity contribution in [3.8, 4) is 0 Å². The van der Waals surface area contributed by atoms with E-state index in [4.69, 9.17) is 32.3 Å². The van der Waals surface area contributed by atoms with Crippen LogP contribution >= 0.6 is 0 Å². The first-order valence-corrected chi connectivity index (χ1v) is 9.17. The second-order valence-corrected chi connectivity index (χ2v) is 10.4. The first-order chi connectivity index (χ1) is 8.56. The molecule has 0 amide bonds. The summed E-state index contributed by atoms with van der Waals surface area (Å²) in [6.07, 6.45) is 0.573. The third-order valence-electron chi connectivity index (χ3n) is 3.02. The lowest BCUT2D eigenvalue weighted by atomic mass is 10.5. The van der Waals surface area contributed by atoms with E-state index in [-0.39, 0.29) is 16.1 Å². The van der Waals surface area contributed by atoms with Gasteiger partial charge in [-0.2, -0.15) is 0 Å². The Morgan fingerprint density at radius 3 is 1.16 bits per heavy atom. The first-order valence-electron chi connectivity index (χ1n) is 5.57. The van der Waals surface area contributed by atoms with Gasteiger partial charge in [-0.3, -0.25) is 0 Å². The molecule has 10 heteroatoms. The molecule has 2 N–H and O–H groups in total. The second kappa shape index (κ2) is 10.1. The van der Waals surface area contributed by atoms with Crippen LogP contribution in [0.25, 0.3) is 0 Å². The zero-order chi connectivity index (χ0) is 14.2. The van der Waals surface area contributed by atoms with Crippen molar-refractivity contribution in [1.82, 2.24) is 0 Å². The van der Waals surface area contributed by atoms with E-state index in [0.717, 1.165) is 0 Å². The standard InChI is InChI=1S/C9H25NO6Si2.H4Si/c1-11-17(12-2,13-3)9(7-8-10)18(14-4,15-5)16-6;/h9H,7-8,10H2,1-6H3;1H4. The van der Waals surface area contributed by atoms with Gasteiger partial charge in [-0.1, -0.05) is 0 Å². The third kappa shape index (κ3) is 4.42. The maximum atomic E-state index is 5.66. The van der Waals surface area contributed by atoms with Crippen LogP contribution in [0.15, 0.2) is 0 Å². The van der Waals surface area contributed by atoms with Crippen LogP contribution in [0, 0.1) is 0 Å². The minimum atomic E-state index is -2.96. The molecule has 0 aliphatic rings. The van der Waals surface area contributed by atoms with E-state index in [0.29, 0.717) is 13.0 Å². The van der Waals surface area contributed by atoms with E-state index in [1.165, 1.54) is 0 Å². The average molecular weight is 332 g/mol. The van der Waals surface area contributed by atoms with Gasteiger partial charge < -0.3 is 32.3 Å². The minimum absolute atomic E-state index is 0. The Labute approximate surface area is 122 Å². The van der Waals surface area contributed by atoms with E-state index < -0.39 is 17.6 Å². The lowest BCUT2D eigenvalue weighted by Gasteiger charge is -2.39. The van der Waals surface area contributed by atoms with Crippen LogP contribution < -0.4 is 5.73 Å². The number of rotatable bonds is 10. The summed E-state index contributed by atoms with van der Waals surface area (Å²) in [5, 5.41) is -0.269. The summed E-state index contributed by atoms with van der Waals surface area (Å²) in [5.74, 6) is 0. The quantitative estimate of drug-likeness (QED) is 0.490. The van der Waals surface area contributed by atoms with Gasteiger partial charge in [0.1, 0.15) is 5.16 Å². The topological polar surface area (TPSA) is 81.4 Å². The molecule has 0 bridgehead atoms. The van der Waals surface area contributed by atoms with Gasteiger partial charge in [-0.15, -0.1) is 0 Å². The summed E-state index contributed by atoms with van der Waals surface area (Å²) in [4.78, 5) is 0. The molecule has 0 saturated carbocycles. The SMILES string of the molecule is CO[Si](OC)(OC)C(CCN)[Si](OC)(OC)OC.[SiH4]. The van der Waals surface area contributed by atoms with Crippen molar-refractivity contribution >= 4 is 28.6 Å². The molecule has 7 nitrogen and oxygen atoms in total. The molecule has 0 aromatic heterocycles. The molecule has 0 atom stereocenters. The van der Waals surface area contributed by atoms with E-state index in [1.54, 1.807) is 42.7 Å². The highest BCUT2D eigenvalue weighted by Crippen LogP contribution is 2.37. The van der Waals surface area contributed by atoms with Crippen molar-refractivity contribution in [2.45, 2.75) is 11.6 Å². The third-order valence-corrected chi connectivity index (χ3v) is 10.8. The molecule has 118 valence electrons. The Balaban J connectivity index is 0. The van der Waals surface area contributed by atoms with Gasteiger partial charge in [0.25, 0.3) is 0 Å². The number of hydrogen-bond donors (Lipinski definition) is 1. The highest BCUT2D eigenvalue weighted by molar-refractivity contribution is 6.82. The lowest BCUT2D eigenvalue weighted by Crippen LogP contribution is -2.62. The molecule has 0 spiro atoms. The van der Waals surface area contributed by atoms with Gasteiger partial charge in [-0.25, -0.2) is 0 Å². The van der Waals surface area contributed by atoms with Crippen LogP contribution in [0.4, 0.5) is 0 Å². The average Bonchev–Trinajstić information content (AvgIpc) is 2.44. The molecule has 0 saturated heterocycles. The Kier molecular flexibility index (Phi) is 11.6. The maximum absolute atomic E-state index is 5.66. The molecule has 0 aliphatic carbocycles. The van der Waals surface area contributed by atoms with Crippen LogP contribution in [0.5, 0.6) is 0 Å². The van der Waals surface area contributed by atoms with Gasteiger partial charge in [0.05, 0.1) is 0 Å². The molecular weight excluding hydrogens is 302 g/mol. The Bertz CT molecular complexity index is 191. The molecule has 0 rings (SSSR count). The van der Waals surface area contributed by atoms with E-state index in [2.05, 4.69) is 0 Å². The van der Waals surface area contributed by atoms with Crippen molar-refractivity contribution in [2.75, 3.05) is 49.2 Å². The van der Waals surface area contributed by atoms with Crippen molar-refractivity contribution in [3.05, 3.63) is 0 Å². The highest BCUT2D eigenvalue weighted by Gasteiger charge is 2.63. The van der Waals surface area contributed by atoms with E-state index in [1.807, 2.05) is 0 Å². The van der Waals surface area contributed by atoms with Gasteiger partial charge in [0.2, 0.25) is 0 Å². The fourth-order valence-electron chi connectivity index (χ4n) is 2.09. The summed E-state index contributed by atoms with van der Waals surface area (Å²) >= 11 is 0. The van der Waals surface area contributed by atoms with Crippen LogP contribution in [0.2, 0.25) is 5.16 Å². The number of hydrogen-bond acceptors (Lipinski definition) is 7. The van der Waals surface area contributed by atoms with Gasteiger partial charge in [-0.05, 0) is 23.9 Å². The molecule has 0 heterocycles. The first kappa shape index (κ1) is 21.7. The molecule has 19 heavy (non-hydrogen) atoms. The summed E-state index contributed by atoms with van der Waals surface area (Å²) < 4.78 is 33.0. The second-order valence-electron chi connectivity index (χ2n) is 3.56. The molecule has 0 aromatic rings. The van der Waals surface area contributed by atoms with Crippen LogP contribution in [-0.2, 0) is 26.6 Å². The highest BCUT2D eigenvalue weighted by atomic mass is 28.5. The minimum Gasteiger partial charge on any atom is -0.377 e. The van der Waals surface area contributed by atoms with Crippen molar-refractivity contribution in [2.24, 2.45) is 5.73 Å². The zero-order valence-corrected chi connectivity index (χ0v) is 14.0. The molecule has 0 aliphatic heterocycles.